The van der Waals surface area contributed by atoms with Crippen molar-refractivity contribution in [3.05, 3.63) is 53.9 Å². The molecule has 0 saturated heterocycles. The van der Waals surface area contributed by atoms with Crippen molar-refractivity contribution >= 4 is 23.3 Å². The van der Waals surface area contributed by atoms with E-state index in [0.717, 1.165) is 16.7 Å². The van der Waals surface area contributed by atoms with Gasteiger partial charge in [-0.05, 0) is 29.7 Å². The van der Waals surface area contributed by atoms with Crippen LogP contribution in [0.5, 0.6) is 0 Å². The molecule has 1 unspecified atom stereocenters. The maximum Gasteiger partial charge on any atom is 0.405 e. The minimum Gasteiger partial charge on any atom is -0.441 e. The first kappa shape index (κ1) is 20.8. The van der Waals surface area contributed by atoms with Crippen molar-refractivity contribution in [3.8, 4) is 11.1 Å². The Bertz CT molecular complexity index is 1180. The van der Waals surface area contributed by atoms with Crippen LogP contribution in [0, 0.1) is 11.3 Å². The Morgan fingerprint density at radius 1 is 1.23 bits per heavy atom. The second-order valence-corrected chi connectivity index (χ2v) is 8.98. The van der Waals surface area contributed by atoms with Crippen molar-refractivity contribution in [1.82, 2.24) is 9.38 Å². The average Bonchev–Trinajstić information content (AvgIpc) is 3.33. The number of halogens is 1. The molecule has 1 fully saturated rings. The highest BCUT2D eigenvalue weighted by Gasteiger charge is 2.45. The molecule has 1 saturated carbocycles. The van der Waals surface area contributed by atoms with Gasteiger partial charge in [0.1, 0.15) is 23.6 Å². The number of hydrogen-bond donors (Lipinski definition) is 2. The number of rotatable bonds is 5. The standard InChI is InChI=1S/C23H25FN4O3/c1-23(2,3)20(31-22(26)30)14-7-5-4-6-13(14)12-8-9-17-27-21(25)18(28(17)11-12)19(29)15-10-16(15)24/h4-9,11,15-16,20H,10,25H2,1-3H3,(H2,26,30)/t15-,16+,20?/m1/s1. The number of primary amides is 1. The molecule has 1 aromatic carbocycles. The first-order chi connectivity index (χ1) is 14.6. The number of ketones is 1. The highest BCUT2D eigenvalue weighted by molar-refractivity contribution is 6.03. The maximum atomic E-state index is 13.5. The summed E-state index contributed by atoms with van der Waals surface area (Å²) in [4.78, 5) is 28.6. The molecule has 3 aromatic rings. The van der Waals surface area contributed by atoms with E-state index >= 15 is 0 Å². The van der Waals surface area contributed by atoms with Gasteiger partial charge in [0.15, 0.2) is 11.6 Å². The second kappa shape index (κ2) is 7.37. The quantitative estimate of drug-likeness (QED) is 0.593. The summed E-state index contributed by atoms with van der Waals surface area (Å²) < 4.78 is 20.6. The van der Waals surface area contributed by atoms with E-state index in [1.165, 1.54) is 0 Å². The molecule has 3 atom stereocenters. The number of fused-ring (bicyclic) bond motifs is 1. The van der Waals surface area contributed by atoms with Gasteiger partial charge in [-0.25, -0.2) is 14.2 Å². The van der Waals surface area contributed by atoms with E-state index in [0.29, 0.717) is 5.65 Å². The maximum absolute atomic E-state index is 13.5. The van der Waals surface area contributed by atoms with Gasteiger partial charge < -0.3 is 16.2 Å². The van der Waals surface area contributed by atoms with Gasteiger partial charge in [-0.3, -0.25) is 9.20 Å². The lowest BCUT2D eigenvalue weighted by molar-refractivity contribution is 0.0363. The van der Waals surface area contributed by atoms with Crippen molar-refractivity contribution in [2.75, 3.05) is 5.73 Å². The third kappa shape index (κ3) is 3.85. The Hall–Kier alpha value is -3.42. The van der Waals surface area contributed by atoms with Gasteiger partial charge in [-0.15, -0.1) is 0 Å². The number of nitrogens with zero attached hydrogens (tertiary/aromatic N) is 2. The van der Waals surface area contributed by atoms with Gasteiger partial charge in [0.25, 0.3) is 0 Å². The van der Waals surface area contributed by atoms with E-state index in [2.05, 4.69) is 4.98 Å². The Morgan fingerprint density at radius 2 is 1.90 bits per heavy atom. The summed E-state index contributed by atoms with van der Waals surface area (Å²) in [5, 5.41) is 0. The fourth-order valence-electron chi connectivity index (χ4n) is 3.89. The van der Waals surface area contributed by atoms with Crippen LogP contribution in [-0.4, -0.2) is 27.4 Å². The smallest absolute Gasteiger partial charge is 0.405 e. The molecule has 0 spiro atoms. The summed E-state index contributed by atoms with van der Waals surface area (Å²) in [5.74, 6) is -0.917. The van der Waals surface area contributed by atoms with Crippen LogP contribution < -0.4 is 11.5 Å². The van der Waals surface area contributed by atoms with Gasteiger partial charge in [0.05, 0.1) is 5.92 Å². The van der Waals surface area contributed by atoms with Crippen LogP contribution >= 0.6 is 0 Å². The van der Waals surface area contributed by atoms with E-state index in [1.54, 1.807) is 16.7 Å². The number of benzene rings is 1. The second-order valence-electron chi connectivity index (χ2n) is 8.98. The number of anilines is 1. The molecule has 8 heteroatoms. The van der Waals surface area contributed by atoms with Crippen LogP contribution in [0.2, 0.25) is 0 Å². The van der Waals surface area contributed by atoms with Crippen molar-refractivity contribution in [2.45, 2.75) is 39.5 Å². The lowest BCUT2D eigenvalue weighted by atomic mass is 9.82. The molecular weight excluding hydrogens is 399 g/mol. The van der Waals surface area contributed by atoms with E-state index in [9.17, 15) is 14.0 Å². The zero-order valence-corrected chi connectivity index (χ0v) is 17.6. The predicted octanol–water partition coefficient (Wildman–Crippen LogP) is 4.31. The molecular formula is C23H25FN4O3. The van der Waals surface area contributed by atoms with Crippen molar-refractivity contribution in [3.63, 3.8) is 0 Å². The Morgan fingerprint density at radius 3 is 2.52 bits per heavy atom. The largest absolute Gasteiger partial charge is 0.441 e. The van der Waals surface area contributed by atoms with Gasteiger partial charge in [-0.1, -0.05) is 45.0 Å². The third-order valence-corrected chi connectivity index (χ3v) is 5.50. The Kier molecular flexibility index (Phi) is 4.95. The third-order valence-electron chi connectivity index (χ3n) is 5.50. The summed E-state index contributed by atoms with van der Waals surface area (Å²) in [6.07, 6.45) is -0.606. The molecule has 4 N–H and O–H groups in total. The van der Waals surface area contributed by atoms with Gasteiger partial charge in [-0.2, -0.15) is 0 Å². The van der Waals surface area contributed by atoms with Gasteiger partial charge >= 0.3 is 6.09 Å². The predicted molar refractivity (Wildman–Crippen MR) is 115 cm³/mol. The molecule has 1 aliphatic rings. The topological polar surface area (TPSA) is 113 Å². The zero-order chi connectivity index (χ0) is 22.5. The van der Waals surface area contributed by atoms with Crippen LogP contribution in [0.25, 0.3) is 16.8 Å². The molecule has 1 aliphatic carbocycles. The molecule has 7 nitrogen and oxygen atoms in total. The highest BCUT2D eigenvalue weighted by Crippen LogP contribution is 2.41. The molecule has 2 heterocycles. The highest BCUT2D eigenvalue weighted by atomic mass is 19.1. The molecule has 2 aromatic heterocycles. The average molecular weight is 424 g/mol. The number of alkyl halides is 1. The molecule has 0 aliphatic heterocycles. The lowest BCUT2D eigenvalue weighted by Gasteiger charge is -2.31. The van der Waals surface area contributed by atoms with Crippen molar-refractivity contribution in [1.29, 1.82) is 0 Å². The number of Topliss-reactive ketones (excluding diaryl/α,β-unsaturated/α-hetero) is 1. The van der Waals surface area contributed by atoms with E-state index < -0.39 is 29.7 Å². The fraction of sp³-hybridized carbons (Fsp3) is 0.348. The lowest BCUT2D eigenvalue weighted by Crippen LogP contribution is -2.27. The van der Waals surface area contributed by atoms with Crippen LogP contribution in [0.4, 0.5) is 15.0 Å². The number of carbonyl (C=O) groups is 2. The Labute approximate surface area is 179 Å². The minimum absolute atomic E-state index is 0.0826. The molecule has 31 heavy (non-hydrogen) atoms. The van der Waals surface area contributed by atoms with Crippen molar-refractivity contribution < 1.29 is 18.7 Å². The molecule has 0 radical (unpaired) electrons. The number of hydrogen-bond acceptors (Lipinski definition) is 5. The minimum atomic E-state index is -1.13. The number of nitrogens with two attached hydrogens (primary N) is 2. The van der Waals surface area contributed by atoms with E-state index in [4.69, 9.17) is 16.2 Å². The molecule has 162 valence electrons. The number of imidazole rings is 1. The summed E-state index contributed by atoms with van der Waals surface area (Å²) >= 11 is 0. The summed E-state index contributed by atoms with van der Waals surface area (Å²) in [6, 6.07) is 11.1. The normalized spacial score (nSPS) is 19.2. The van der Waals surface area contributed by atoms with Gasteiger partial charge in [0.2, 0.25) is 0 Å². The van der Waals surface area contributed by atoms with Crippen LogP contribution in [0.3, 0.4) is 0 Å². The van der Waals surface area contributed by atoms with E-state index in [-0.39, 0.29) is 23.7 Å². The van der Waals surface area contributed by atoms with Crippen LogP contribution in [0.1, 0.15) is 49.3 Å². The monoisotopic (exact) mass is 424 g/mol. The molecule has 0 bridgehead atoms. The first-order valence-corrected chi connectivity index (χ1v) is 10.1. The van der Waals surface area contributed by atoms with Gasteiger partial charge in [0, 0.05) is 17.2 Å². The Balaban J connectivity index is 1.85. The number of nitrogen functional groups attached to an aromatic ring is 1. The molecule has 4 rings (SSSR count). The number of aromatic nitrogens is 2. The number of pyridine rings is 1. The summed E-state index contributed by atoms with van der Waals surface area (Å²) in [6.45, 7) is 5.87. The van der Waals surface area contributed by atoms with Crippen LogP contribution in [0.15, 0.2) is 42.6 Å². The number of carbonyl (C=O) groups excluding carboxylic acids is 2. The van der Waals surface area contributed by atoms with Crippen LogP contribution in [-0.2, 0) is 4.74 Å². The summed E-state index contributed by atoms with van der Waals surface area (Å²) in [5.41, 5.74) is 14.0. The SMILES string of the molecule is CC(C)(C)C(OC(N)=O)c1ccccc1-c1ccc2nc(N)c(C(=O)[C@@H]3C[C@@H]3F)n2c1. The number of ether oxygens (including phenoxy) is 1. The number of amides is 1. The van der Waals surface area contributed by atoms with Crippen molar-refractivity contribution in [2.24, 2.45) is 17.1 Å². The zero-order valence-electron chi connectivity index (χ0n) is 17.6. The van der Waals surface area contributed by atoms with E-state index in [1.807, 2.05) is 51.1 Å². The molecule has 1 amide bonds. The fourth-order valence-corrected chi connectivity index (χ4v) is 3.89. The first-order valence-electron chi connectivity index (χ1n) is 10.1. The summed E-state index contributed by atoms with van der Waals surface area (Å²) in [7, 11) is 0.